The molecule has 12 heavy (non-hydrogen) atoms. The zero-order chi connectivity index (χ0) is 9.03. The van der Waals surface area contributed by atoms with Gasteiger partial charge in [0.15, 0.2) is 0 Å². The second-order valence-corrected chi connectivity index (χ2v) is 3.99. The summed E-state index contributed by atoms with van der Waals surface area (Å²) in [6.07, 6.45) is 3.35. The summed E-state index contributed by atoms with van der Waals surface area (Å²) in [4.78, 5) is 0. The summed E-state index contributed by atoms with van der Waals surface area (Å²) in [5, 5.41) is 9.36. The summed E-state index contributed by atoms with van der Waals surface area (Å²) in [6, 6.07) is 0. The Balaban J connectivity index is 2.59. The van der Waals surface area contributed by atoms with Gasteiger partial charge < -0.3 is 9.84 Å². The molecule has 0 amide bonds. The molecule has 0 bridgehead atoms. The summed E-state index contributed by atoms with van der Waals surface area (Å²) in [7, 11) is 0. The monoisotopic (exact) mass is 172 g/mol. The van der Waals surface area contributed by atoms with Gasteiger partial charge in [-0.15, -0.1) is 0 Å². The van der Waals surface area contributed by atoms with Crippen LogP contribution in [0, 0.1) is 11.3 Å². The lowest BCUT2D eigenvalue weighted by molar-refractivity contribution is -0.0690. The molecule has 1 heterocycles. The number of aliphatic hydroxyl groups excluding tert-OH is 1. The predicted octanol–water partition coefficient (Wildman–Crippen LogP) is 1.82. The molecule has 0 aliphatic carbocycles. The lowest BCUT2D eigenvalue weighted by atomic mass is 9.72. The molecule has 2 nitrogen and oxygen atoms in total. The van der Waals surface area contributed by atoms with E-state index in [1.165, 1.54) is 0 Å². The smallest absolute Gasteiger partial charge is 0.0546 e. The molecule has 1 fully saturated rings. The molecule has 1 aliphatic heterocycles. The summed E-state index contributed by atoms with van der Waals surface area (Å²) >= 11 is 0. The van der Waals surface area contributed by atoms with Crippen molar-refractivity contribution in [2.45, 2.75) is 33.1 Å². The molecule has 0 spiro atoms. The van der Waals surface area contributed by atoms with Crippen molar-refractivity contribution in [3.05, 3.63) is 0 Å². The molecule has 1 saturated heterocycles. The third-order valence-corrected chi connectivity index (χ3v) is 3.33. The van der Waals surface area contributed by atoms with Crippen LogP contribution < -0.4 is 0 Å². The predicted molar refractivity (Wildman–Crippen MR) is 49.0 cm³/mol. The van der Waals surface area contributed by atoms with Gasteiger partial charge in [0.05, 0.1) is 13.2 Å². The molecule has 1 N–H and O–H groups in total. The van der Waals surface area contributed by atoms with Gasteiger partial charge in [0.2, 0.25) is 0 Å². The standard InChI is InChI=1S/C10H20O2/c1-3-9(2)10(7-11)5-4-6-12-8-10/h9,11H,3-8H2,1-2H3. The molecule has 2 atom stereocenters. The zero-order valence-electron chi connectivity index (χ0n) is 8.18. The Labute approximate surface area is 74.9 Å². The van der Waals surface area contributed by atoms with Gasteiger partial charge in [0.1, 0.15) is 0 Å². The average molecular weight is 172 g/mol. The van der Waals surface area contributed by atoms with Gasteiger partial charge in [-0.2, -0.15) is 0 Å². The summed E-state index contributed by atoms with van der Waals surface area (Å²) in [6.45, 7) is 6.29. The summed E-state index contributed by atoms with van der Waals surface area (Å²) in [5.41, 5.74) is 0.0625. The molecule has 72 valence electrons. The van der Waals surface area contributed by atoms with E-state index in [9.17, 15) is 5.11 Å². The topological polar surface area (TPSA) is 29.5 Å². The van der Waals surface area contributed by atoms with E-state index in [2.05, 4.69) is 13.8 Å². The highest BCUT2D eigenvalue weighted by Gasteiger charge is 2.36. The highest BCUT2D eigenvalue weighted by atomic mass is 16.5. The van der Waals surface area contributed by atoms with Crippen molar-refractivity contribution in [2.75, 3.05) is 19.8 Å². The lowest BCUT2D eigenvalue weighted by Crippen LogP contribution is -2.40. The highest BCUT2D eigenvalue weighted by molar-refractivity contribution is 4.85. The minimum atomic E-state index is 0.0625. The maximum absolute atomic E-state index is 9.36. The molecule has 1 aliphatic rings. The Bertz CT molecular complexity index is 128. The first-order valence-electron chi connectivity index (χ1n) is 4.94. The molecule has 0 radical (unpaired) electrons. The Morgan fingerprint density at radius 1 is 1.58 bits per heavy atom. The van der Waals surface area contributed by atoms with E-state index in [1.54, 1.807) is 0 Å². The minimum Gasteiger partial charge on any atom is -0.396 e. The first kappa shape index (κ1) is 10.0. The normalized spacial score (nSPS) is 33.2. The van der Waals surface area contributed by atoms with Crippen molar-refractivity contribution in [2.24, 2.45) is 11.3 Å². The number of rotatable bonds is 3. The molecule has 0 saturated carbocycles. The van der Waals surface area contributed by atoms with Crippen LogP contribution in [0.3, 0.4) is 0 Å². The van der Waals surface area contributed by atoms with Gasteiger partial charge in [0, 0.05) is 12.0 Å². The fourth-order valence-corrected chi connectivity index (χ4v) is 1.98. The molecular formula is C10H20O2. The summed E-state index contributed by atoms with van der Waals surface area (Å²) in [5.74, 6) is 0.572. The van der Waals surface area contributed by atoms with Crippen LogP contribution in [-0.4, -0.2) is 24.9 Å². The maximum atomic E-state index is 9.36. The van der Waals surface area contributed by atoms with E-state index < -0.39 is 0 Å². The van der Waals surface area contributed by atoms with Gasteiger partial charge in [-0.1, -0.05) is 20.3 Å². The molecule has 0 aromatic carbocycles. The van der Waals surface area contributed by atoms with Crippen LogP contribution in [0.25, 0.3) is 0 Å². The molecule has 1 rings (SSSR count). The summed E-state index contributed by atoms with van der Waals surface area (Å²) < 4.78 is 5.44. The molecule has 2 unspecified atom stereocenters. The molecular weight excluding hydrogens is 152 g/mol. The Kier molecular flexibility index (Phi) is 3.53. The van der Waals surface area contributed by atoms with Crippen molar-refractivity contribution in [3.63, 3.8) is 0 Å². The second kappa shape index (κ2) is 4.24. The first-order chi connectivity index (χ1) is 5.75. The lowest BCUT2D eigenvalue weighted by Gasteiger charge is -2.40. The minimum absolute atomic E-state index is 0.0625. The van der Waals surface area contributed by atoms with Crippen molar-refractivity contribution < 1.29 is 9.84 Å². The SMILES string of the molecule is CCC(C)C1(CO)CCCOC1. The number of aliphatic hydroxyl groups is 1. The van der Waals surface area contributed by atoms with Crippen LogP contribution in [0.5, 0.6) is 0 Å². The molecule has 0 aromatic heterocycles. The van der Waals surface area contributed by atoms with E-state index in [1.807, 2.05) is 0 Å². The van der Waals surface area contributed by atoms with Gasteiger partial charge in [0.25, 0.3) is 0 Å². The van der Waals surface area contributed by atoms with Gasteiger partial charge >= 0.3 is 0 Å². The zero-order valence-corrected chi connectivity index (χ0v) is 8.18. The van der Waals surface area contributed by atoms with E-state index in [-0.39, 0.29) is 12.0 Å². The quantitative estimate of drug-likeness (QED) is 0.703. The van der Waals surface area contributed by atoms with Gasteiger partial charge in [-0.25, -0.2) is 0 Å². The third-order valence-electron chi connectivity index (χ3n) is 3.33. The first-order valence-corrected chi connectivity index (χ1v) is 4.94. The van der Waals surface area contributed by atoms with Crippen LogP contribution in [0.1, 0.15) is 33.1 Å². The second-order valence-electron chi connectivity index (χ2n) is 3.99. The number of hydrogen-bond donors (Lipinski definition) is 1. The van der Waals surface area contributed by atoms with Gasteiger partial charge in [-0.3, -0.25) is 0 Å². The van der Waals surface area contributed by atoms with E-state index >= 15 is 0 Å². The van der Waals surface area contributed by atoms with Crippen LogP contribution in [0.15, 0.2) is 0 Å². The third kappa shape index (κ3) is 1.80. The highest BCUT2D eigenvalue weighted by Crippen LogP contribution is 2.37. The van der Waals surface area contributed by atoms with E-state index in [0.29, 0.717) is 5.92 Å². The van der Waals surface area contributed by atoms with Crippen LogP contribution >= 0.6 is 0 Å². The largest absolute Gasteiger partial charge is 0.396 e. The van der Waals surface area contributed by atoms with Crippen molar-refractivity contribution in [1.82, 2.24) is 0 Å². The van der Waals surface area contributed by atoms with Gasteiger partial charge in [-0.05, 0) is 18.8 Å². The number of ether oxygens (including phenoxy) is 1. The van der Waals surface area contributed by atoms with Crippen molar-refractivity contribution >= 4 is 0 Å². The Hall–Kier alpha value is -0.0800. The van der Waals surface area contributed by atoms with E-state index in [0.717, 1.165) is 32.5 Å². The fraction of sp³-hybridized carbons (Fsp3) is 1.00. The fourth-order valence-electron chi connectivity index (χ4n) is 1.98. The molecule has 0 aromatic rings. The van der Waals surface area contributed by atoms with Crippen LogP contribution in [0.4, 0.5) is 0 Å². The van der Waals surface area contributed by atoms with Crippen molar-refractivity contribution in [3.8, 4) is 0 Å². The Morgan fingerprint density at radius 3 is 2.75 bits per heavy atom. The number of hydrogen-bond acceptors (Lipinski definition) is 2. The Morgan fingerprint density at radius 2 is 2.33 bits per heavy atom. The van der Waals surface area contributed by atoms with Crippen molar-refractivity contribution in [1.29, 1.82) is 0 Å². The average Bonchev–Trinajstić information content (AvgIpc) is 2.17. The maximum Gasteiger partial charge on any atom is 0.0546 e. The van der Waals surface area contributed by atoms with Crippen LogP contribution in [-0.2, 0) is 4.74 Å². The van der Waals surface area contributed by atoms with E-state index in [4.69, 9.17) is 4.74 Å². The van der Waals surface area contributed by atoms with Crippen LogP contribution in [0.2, 0.25) is 0 Å². The molecule has 2 heteroatoms.